The van der Waals surface area contributed by atoms with Gasteiger partial charge in [0.25, 0.3) is 0 Å². The number of nitrogens with zero attached hydrogens (tertiary/aromatic N) is 2. The molecule has 6 nitrogen and oxygen atoms in total. The molecule has 4 unspecified atom stereocenters. The van der Waals surface area contributed by atoms with Gasteiger partial charge in [0.15, 0.2) is 0 Å². The van der Waals surface area contributed by atoms with Crippen LogP contribution in [-0.4, -0.2) is 35.2 Å². The molecule has 3 saturated heterocycles. The normalized spacial score (nSPS) is 31.4. The van der Waals surface area contributed by atoms with Crippen molar-refractivity contribution in [3.05, 3.63) is 58.4 Å². The van der Waals surface area contributed by atoms with E-state index in [1.807, 2.05) is 4.90 Å². The number of anilines is 2. The number of benzene rings is 2. The quantitative estimate of drug-likeness (QED) is 0.693. The number of carbonyl (C=O) groups excluding carboxylic acids is 3. The first kappa shape index (κ1) is 19.0. The van der Waals surface area contributed by atoms with E-state index in [-0.39, 0.29) is 17.9 Å². The minimum Gasteiger partial charge on any atom is -0.324 e. The largest absolute Gasteiger partial charge is 0.324 e. The Kier molecular flexibility index (Phi) is 3.76. The number of fused-ring (bicyclic) bond motifs is 7. The fourth-order valence-electron chi connectivity index (χ4n) is 6.25. The maximum Gasteiger partial charge on any atom is 0.250 e. The third kappa shape index (κ3) is 2.13. The molecule has 0 radical (unpaired) electrons. The highest BCUT2D eigenvalue weighted by molar-refractivity contribution is 6.32. The van der Waals surface area contributed by atoms with E-state index < -0.39 is 29.1 Å². The van der Waals surface area contributed by atoms with Crippen molar-refractivity contribution in [3.8, 4) is 0 Å². The first-order valence-electron chi connectivity index (χ1n) is 10.4. The number of rotatable bonds is 1. The molecule has 31 heavy (non-hydrogen) atoms. The van der Waals surface area contributed by atoms with Crippen LogP contribution < -0.4 is 10.2 Å². The van der Waals surface area contributed by atoms with Gasteiger partial charge in [-0.25, -0.2) is 9.29 Å². The Balaban J connectivity index is 1.58. The van der Waals surface area contributed by atoms with Crippen LogP contribution >= 0.6 is 11.6 Å². The molecule has 4 aliphatic heterocycles. The second-order valence-electron chi connectivity index (χ2n) is 8.71. The van der Waals surface area contributed by atoms with Gasteiger partial charge in [0.2, 0.25) is 17.7 Å². The molecule has 2 aromatic carbocycles. The van der Waals surface area contributed by atoms with Gasteiger partial charge in [0, 0.05) is 22.3 Å². The second-order valence-corrected chi connectivity index (χ2v) is 9.12. The van der Waals surface area contributed by atoms with Gasteiger partial charge in [-0.15, -0.1) is 0 Å². The van der Waals surface area contributed by atoms with E-state index in [2.05, 4.69) is 5.32 Å². The molecule has 4 heterocycles. The maximum atomic E-state index is 14.3. The lowest BCUT2D eigenvalue weighted by molar-refractivity contribution is -0.135. The molecule has 6 rings (SSSR count). The molecule has 1 spiro atoms. The van der Waals surface area contributed by atoms with Gasteiger partial charge in [0.05, 0.1) is 17.5 Å². The van der Waals surface area contributed by atoms with E-state index in [9.17, 15) is 18.8 Å². The first-order valence-corrected chi connectivity index (χ1v) is 10.8. The Morgan fingerprint density at radius 2 is 1.97 bits per heavy atom. The fourth-order valence-corrected chi connectivity index (χ4v) is 6.42. The average Bonchev–Trinajstić information content (AvgIpc) is 3.43. The highest BCUT2D eigenvalue weighted by Crippen LogP contribution is 2.60. The van der Waals surface area contributed by atoms with E-state index in [0.29, 0.717) is 40.5 Å². The topological polar surface area (TPSA) is 69.7 Å². The number of halogens is 2. The molecule has 4 aliphatic rings. The Morgan fingerprint density at radius 3 is 2.77 bits per heavy atom. The third-order valence-corrected chi connectivity index (χ3v) is 7.84. The number of hydrogen-bond donors (Lipinski definition) is 1. The van der Waals surface area contributed by atoms with E-state index in [4.69, 9.17) is 11.6 Å². The zero-order chi connectivity index (χ0) is 21.7. The molecule has 158 valence electrons. The number of amides is 3. The predicted octanol–water partition coefficient (Wildman–Crippen LogP) is 3.22. The Labute approximate surface area is 183 Å². The fraction of sp³-hybridized carbons (Fsp3) is 0.348. The molecule has 3 fully saturated rings. The summed E-state index contributed by atoms with van der Waals surface area (Å²) in [5, 5.41) is 3.30. The lowest BCUT2D eigenvalue weighted by Gasteiger charge is -2.36. The van der Waals surface area contributed by atoms with Crippen LogP contribution in [0.3, 0.4) is 0 Å². The Hall–Kier alpha value is -2.77. The number of carbonyl (C=O) groups is 3. The summed E-state index contributed by atoms with van der Waals surface area (Å²) >= 11 is 6.26. The van der Waals surface area contributed by atoms with Crippen LogP contribution in [0, 0.1) is 24.6 Å². The summed E-state index contributed by atoms with van der Waals surface area (Å²) in [6, 6.07) is 8.99. The van der Waals surface area contributed by atoms with Crippen LogP contribution in [0.2, 0.25) is 5.02 Å². The Bertz CT molecular complexity index is 1200. The summed E-state index contributed by atoms with van der Waals surface area (Å²) in [5.41, 5.74) is 0.634. The predicted molar refractivity (Wildman–Crippen MR) is 112 cm³/mol. The molecule has 1 N–H and O–H groups in total. The summed E-state index contributed by atoms with van der Waals surface area (Å²) in [6.07, 6.45) is 1.52. The van der Waals surface area contributed by atoms with Crippen LogP contribution in [0.5, 0.6) is 0 Å². The van der Waals surface area contributed by atoms with Crippen molar-refractivity contribution in [1.29, 1.82) is 0 Å². The monoisotopic (exact) mass is 439 g/mol. The highest BCUT2D eigenvalue weighted by Gasteiger charge is 2.74. The van der Waals surface area contributed by atoms with Crippen LogP contribution in [0.25, 0.3) is 0 Å². The molecule has 0 bridgehead atoms. The minimum absolute atomic E-state index is 0.245. The van der Waals surface area contributed by atoms with E-state index in [1.165, 1.54) is 23.1 Å². The molecule has 0 aliphatic carbocycles. The number of hydrogen-bond acceptors (Lipinski definition) is 4. The molecule has 2 aromatic rings. The van der Waals surface area contributed by atoms with Gasteiger partial charge in [0.1, 0.15) is 11.4 Å². The summed E-state index contributed by atoms with van der Waals surface area (Å²) in [4.78, 5) is 44.2. The van der Waals surface area contributed by atoms with Crippen molar-refractivity contribution in [2.45, 2.75) is 31.3 Å². The summed E-state index contributed by atoms with van der Waals surface area (Å²) < 4.78 is 14.3. The van der Waals surface area contributed by atoms with Gasteiger partial charge in [-0.3, -0.25) is 19.3 Å². The van der Waals surface area contributed by atoms with Crippen LogP contribution in [0.4, 0.5) is 15.8 Å². The van der Waals surface area contributed by atoms with E-state index >= 15 is 0 Å². The smallest absolute Gasteiger partial charge is 0.250 e. The molecular formula is C23H19ClFN3O3. The Morgan fingerprint density at radius 1 is 1.16 bits per heavy atom. The summed E-state index contributed by atoms with van der Waals surface area (Å²) in [6.45, 7) is 2.34. The molecule has 0 aromatic heterocycles. The van der Waals surface area contributed by atoms with Crippen molar-refractivity contribution in [1.82, 2.24) is 4.90 Å². The molecule has 3 amide bonds. The number of nitrogens with one attached hydrogen (secondary N) is 1. The van der Waals surface area contributed by atoms with Crippen LogP contribution in [0.15, 0.2) is 36.4 Å². The molecular weight excluding hydrogens is 421 g/mol. The molecule has 0 saturated carbocycles. The third-order valence-electron chi connectivity index (χ3n) is 7.43. The standard InChI is InChI=1S/C23H19ClFN3O3/c1-11-14(24)4-2-5-16(11)28-20(29)18-17-6-3-9-27(17)23(19(18)21(28)30)13-10-12(25)7-8-15(13)26-22(23)31/h2,4-5,7-8,10,17-19H,3,6,9H2,1H3,(H,26,31). The average molecular weight is 440 g/mol. The van der Waals surface area contributed by atoms with Crippen molar-refractivity contribution in [2.75, 3.05) is 16.8 Å². The highest BCUT2D eigenvalue weighted by atomic mass is 35.5. The SMILES string of the molecule is Cc1c(Cl)cccc1N1C(=O)C2C3CCCN3C3(C(=O)Nc4ccc(F)cc43)C2C1=O. The molecule has 8 heteroatoms. The lowest BCUT2D eigenvalue weighted by atomic mass is 9.75. The molecule has 4 atom stereocenters. The van der Waals surface area contributed by atoms with Crippen molar-refractivity contribution >= 4 is 40.7 Å². The number of imide groups is 1. The van der Waals surface area contributed by atoms with Gasteiger partial charge >= 0.3 is 0 Å². The lowest BCUT2D eigenvalue weighted by Crippen LogP contribution is -2.54. The van der Waals surface area contributed by atoms with Crippen LogP contribution in [0.1, 0.15) is 24.0 Å². The first-order chi connectivity index (χ1) is 14.9. The van der Waals surface area contributed by atoms with Gasteiger partial charge in [-0.1, -0.05) is 17.7 Å². The van der Waals surface area contributed by atoms with Gasteiger partial charge in [-0.05, 0) is 62.2 Å². The summed E-state index contributed by atoms with van der Waals surface area (Å²) in [7, 11) is 0. The second kappa shape index (κ2) is 6.14. The summed E-state index contributed by atoms with van der Waals surface area (Å²) in [5.74, 6) is -3.15. The van der Waals surface area contributed by atoms with Crippen molar-refractivity contribution in [3.63, 3.8) is 0 Å². The van der Waals surface area contributed by atoms with Gasteiger partial charge < -0.3 is 5.32 Å². The zero-order valence-electron chi connectivity index (χ0n) is 16.7. The minimum atomic E-state index is -1.38. The van der Waals surface area contributed by atoms with E-state index in [0.717, 1.165) is 6.42 Å². The maximum absolute atomic E-state index is 14.3. The van der Waals surface area contributed by atoms with Crippen LogP contribution in [-0.2, 0) is 19.9 Å². The van der Waals surface area contributed by atoms with E-state index in [1.54, 1.807) is 25.1 Å². The zero-order valence-corrected chi connectivity index (χ0v) is 17.4. The van der Waals surface area contributed by atoms with Crippen molar-refractivity contribution in [2.24, 2.45) is 11.8 Å². The van der Waals surface area contributed by atoms with Gasteiger partial charge in [-0.2, -0.15) is 0 Å². The van der Waals surface area contributed by atoms with Crippen molar-refractivity contribution < 1.29 is 18.8 Å².